The number of carbonyl (C=O) groups excluding carboxylic acids is 1. The predicted octanol–water partition coefficient (Wildman–Crippen LogP) is 1.66. The molecule has 0 radical (unpaired) electrons. The molecule has 184 valence electrons. The maximum Gasteiger partial charge on any atom is 0.273 e. The van der Waals surface area contributed by atoms with Crippen molar-refractivity contribution in [3.05, 3.63) is 53.2 Å². The van der Waals surface area contributed by atoms with Gasteiger partial charge >= 0.3 is 0 Å². The molecule has 2 aromatic carbocycles. The number of hydrogen-bond donors (Lipinski definition) is 4. The molecule has 0 aliphatic carbocycles. The standard InChI is InChI=1S/C22H26N8O4S/c1-12-14-11-16(17(34-3)10-13(14)8-9-30(12)2)26-22-27-21(19(20(23)31)28-29-22)25-15-6-4-5-7-18(15)35(24,32)33/h4-7,10-12H,8-9H2,1-3H3,(H2,23,31)(H2,24,32,33)(H2,25,26,27,29). The van der Waals surface area contributed by atoms with Gasteiger partial charge in [0.2, 0.25) is 16.0 Å². The quantitative estimate of drug-likeness (QED) is 0.374. The van der Waals surface area contributed by atoms with Crippen LogP contribution in [0.4, 0.5) is 23.1 Å². The van der Waals surface area contributed by atoms with Crippen molar-refractivity contribution in [1.82, 2.24) is 20.1 Å². The van der Waals surface area contributed by atoms with E-state index >= 15 is 0 Å². The second-order valence-corrected chi connectivity index (χ2v) is 9.68. The number of likely N-dealkylation sites (N-methyl/N-ethyl adjacent to an activating group) is 1. The topological polar surface area (TPSA) is 178 Å². The summed E-state index contributed by atoms with van der Waals surface area (Å²) in [7, 11) is -0.417. The van der Waals surface area contributed by atoms with Crippen LogP contribution in [-0.4, -0.2) is 55.1 Å². The largest absolute Gasteiger partial charge is 0.495 e. The molecule has 13 heteroatoms. The Morgan fingerprint density at radius 2 is 1.91 bits per heavy atom. The first-order chi connectivity index (χ1) is 16.6. The second-order valence-electron chi connectivity index (χ2n) is 8.15. The highest BCUT2D eigenvalue weighted by Gasteiger charge is 2.24. The molecule has 6 N–H and O–H groups in total. The summed E-state index contributed by atoms with van der Waals surface area (Å²) in [5.74, 6) is -0.343. The fourth-order valence-corrected chi connectivity index (χ4v) is 4.63. The molecule has 1 aromatic heterocycles. The van der Waals surface area contributed by atoms with Crippen molar-refractivity contribution < 1.29 is 17.9 Å². The summed E-state index contributed by atoms with van der Waals surface area (Å²) in [5, 5.41) is 19.0. The first-order valence-electron chi connectivity index (χ1n) is 10.7. The molecular formula is C22H26N8O4S. The number of para-hydroxylation sites is 1. The van der Waals surface area contributed by atoms with E-state index in [0.717, 1.165) is 18.5 Å². The maximum absolute atomic E-state index is 12.0. The summed E-state index contributed by atoms with van der Waals surface area (Å²) in [6, 6.07) is 10.1. The van der Waals surface area contributed by atoms with E-state index in [9.17, 15) is 13.2 Å². The van der Waals surface area contributed by atoms with Gasteiger partial charge in [0.15, 0.2) is 11.5 Å². The van der Waals surface area contributed by atoms with Crippen LogP contribution in [0.3, 0.4) is 0 Å². The third kappa shape index (κ3) is 5.01. The van der Waals surface area contributed by atoms with Gasteiger partial charge in [-0.2, -0.15) is 4.98 Å². The number of methoxy groups -OCH3 is 1. The Labute approximate surface area is 202 Å². The van der Waals surface area contributed by atoms with Crippen molar-refractivity contribution in [2.24, 2.45) is 10.9 Å². The molecule has 0 bridgehead atoms. The first kappa shape index (κ1) is 24.3. The zero-order valence-electron chi connectivity index (χ0n) is 19.4. The molecule has 2 heterocycles. The number of primary sulfonamides is 1. The molecule has 1 atom stereocenters. The fourth-order valence-electron chi connectivity index (χ4n) is 3.94. The minimum absolute atomic E-state index is 0.0423. The van der Waals surface area contributed by atoms with E-state index < -0.39 is 15.9 Å². The average Bonchev–Trinajstić information content (AvgIpc) is 2.81. The zero-order chi connectivity index (χ0) is 25.3. The lowest BCUT2D eigenvalue weighted by Crippen LogP contribution is -2.30. The number of primary amides is 1. The van der Waals surface area contributed by atoms with Gasteiger partial charge in [-0.15, -0.1) is 10.2 Å². The van der Waals surface area contributed by atoms with Crippen LogP contribution in [0.25, 0.3) is 0 Å². The van der Waals surface area contributed by atoms with Gasteiger partial charge in [0, 0.05) is 12.6 Å². The number of hydrogen-bond acceptors (Lipinski definition) is 10. The highest BCUT2D eigenvalue weighted by atomic mass is 32.2. The maximum atomic E-state index is 12.0. The number of fused-ring (bicyclic) bond motifs is 1. The molecule has 1 amide bonds. The van der Waals surface area contributed by atoms with Crippen LogP contribution >= 0.6 is 0 Å². The van der Waals surface area contributed by atoms with E-state index in [-0.39, 0.29) is 34.1 Å². The van der Waals surface area contributed by atoms with Crippen LogP contribution in [0.1, 0.15) is 34.6 Å². The Balaban J connectivity index is 1.74. The van der Waals surface area contributed by atoms with Gasteiger partial charge in [-0.05, 0) is 55.8 Å². The summed E-state index contributed by atoms with van der Waals surface area (Å²) in [6.07, 6.45) is 0.899. The fraction of sp³-hybridized carbons (Fsp3) is 0.273. The molecule has 1 unspecified atom stereocenters. The summed E-state index contributed by atoms with van der Waals surface area (Å²) in [4.78, 5) is 18.3. The number of ether oxygens (including phenoxy) is 1. The van der Waals surface area contributed by atoms with Crippen molar-refractivity contribution >= 4 is 39.1 Å². The predicted molar refractivity (Wildman–Crippen MR) is 130 cm³/mol. The minimum atomic E-state index is -4.05. The van der Waals surface area contributed by atoms with Crippen molar-refractivity contribution in [2.45, 2.75) is 24.3 Å². The molecule has 0 saturated carbocycles. The lowest BCUT2D eigenvalue weighted by atomic mass is 9.93. The number of nitrogens with one attached hydrogen (secondary N) is 2. The Morgan fingerprint density at radius 1 is 1.17 bits per heavy atom. The number of amides is 1. The van der Waals surface area contributed by atoms with Gasteiger partial charge in [-0.1, -0.05) is 12.1 Å². The molecule has 0 saturated heterocycles. The van der Waals surface area contributed by atoms with Crippen LogP contribution in [0.15, 0.2) is 41.3 Å². The highest BCUT2D eigenvalue weighted by molar-refractivity contribution is 7.89. The van der Waals surface area contributed by atoms with Crippen molar-refractivity contribution in [2.75, 3.05) is 31.3 Å². The number of aromatic nitrogens is 3. The number of sulfonamides is 1. The molecule has 1 aliphatic heterocycles. The van der Waals surface area contributed by atoms with Crippen LogP contribution < -0.4 is 26.2 Å². The van der Waals surface area contributed by atoms with Crippen LogP contribution in [0, 0.1) is 0 Å². The van der Waals surface area contributed by atoms with E-state index in [1.165, 1.54) is 23.8 Å². The van der Waals surface area contributed by atoms with E-state index in [4.69, 9.17) is 15.6 Å². The Kier molecular flexibility index (Phi) is 6.56. The molecule has 35 heavy (non-hydrogen) atoms. The number of nitrogens with two attached hydrogens (primary N) is 2. The Morgan fingerprint density at radius 3 is 2.60 bits per heavy atom. The monoisotopic (exact) mass is 498 g/mol. The number of carbonyl (C=O) groups is 1. The van der Waals surface area contributed by atoms with Gasteiger partial charge in [-0.3, -0.25) is 9.69 Å². The van der Waals surface area contributed by atoms with Gasteiger partial charge in [0.05, 0.1) is 18.5 Å². The van der Waals surface area contributed by atoms with Crippen molar-refractivity contribution in [3.8, 4) is 5.75 Å². The van der Waals surface area contributed by atoms with Gasteiger partial charge in [0.1, 0.15) is 10.6 Å². The Bertz CT molecular complexity index is 1400. The summed E-state index contributed by atoms with van der Waals surface area (Å²) in [5.41, 5.74) is 8.22. The zero-order valence-corrected chi connectivity index (χ0v) is 20.3. The third-order valence-electron chi connectivity index (χ3n) is 5.92. The molecule has 1 aliphatic rings. The van der Waals surface area contributed by atoms with E-state index in [1.54, 1.807) is 13.2 Å². The smallest absolute Gasteiger partial charge is 0.273 e. The number of anilines is 4. The van der Waals surface area contributed by atoms with Crippen LogP contribution in [-0.2, 0) is 16.4 Å². The third-order valence-corrected chi connectivity index (χ3v) is 6.89. The van der Waals surface area contributed by atoms with Gasteiger partial charge in [0.25, 0.3) is 5.91 Å². The lowest BCUT2D eigenvalue weighted by molar-refractivity contribution is 0.0995. The average molecular weight is 499 g/mol. The summed E-state index contributed by atoms with van der Waals surface area (Å²) in [6.45, 7) is 3.07. The second kappa shape index (κ2) is 9.44. The minimum Gasteiger partial charge on any atom is -0.495 e. The normalized spacial score (nSPS) is 15.8. The van der Waals surface area contributed by atoms with Gasteiger partial charge in [-0.25, -0.2) is 13.6 Å². The number of rotatable bonds is 7. The van der Waals surface area contributed by atoms with Crippen molar-refractivity contribution in [1.29, 1.82) is 0 Å². The van der Waals surface area contributed by atoms with E-state index in [2.05, 4.69) is 44.7 Å². The molecular weight excluding hydrogens is 472 g/mol. The van der Waals surface area contributed by atoms with Crippen LogP contribution in [0.2, 0.25) is 0 Å². The van der Waals surface area contributed by atoms with E-state index in [0.29, 0.717) is 11.4 Å². The van der Waals surface area contributed by atoms with Crippen molar-refractivity contribution in [3.63, 3.8) is 0 Å². The molecule has 12 nitrogen and oxygen atoms in total. The molecule has 0 spiro atoms. The lowest BCUT2D eigenvalue weighted by Gasteiger charge is -2.32. The first-order valence-corrected chi connectivity index (χ1v) is 12.2. The molecule has 4 rings (SSSR count). The Hall–Kier alpha value is -3.81. The highest BCUT2D eigenvalue weighted by Crippen LogP contribution is 2.37. The SMILES string of the molecule is COc1cc2c(cc1Nc1nnc(C(N)=O)c(Nc3ccccc3S(N)(=O)=O)n1)C(C)N(C)CC2. The molecule has 0 fully saturated rings. The van der Waals surface area contributed by atoms with Crippen LogP contribution in [0.5, 0.6) is 5.75 Å². The molecule has 3 aromatic rings. The number of benzene rings is 2. The number of nitrogens with zero attached hydrogens (tertiary/aromatic N) is 4. The van der Waals surface area contributed by atoms with E-state index in [1.807, 2.05) is 12.1 Å². The van der Waals surface area contributed by atoms with Gasteiger partial charge < -0.3 is 21.1 Å². The summed E-state index contributed by atoms with van der Waals surface area (Å²) < 4.78 is 29.5. The summed E-state index contributed by atoms with van der Waals surface area (Å²) >= 11 is 0.